The second kappa shape index (κ2) is 5.31. The number of oxime groups is 1. The van der Waals surface area contributed by atoms with E-state index in [1.807, 2.05) is 26.8 Å². The summed E-state index contributed by atoms with van der Waals surface area (Å²) >= 11 is 1.25. The highest BCUT2D eigenvalue weighted by Gasteiger charge is 2.16. The van der Waals surface area contributed by atoms with Crippen LogP contribution in [0.4, 0.5) is 0 Å². The molecule has 2 rings (SSSR count). The van der Waals surface area contributed by atoms with E-state index < -0.39 is 0 Å². The lowest BCUT2D eigenvalue weighted by Gasteiger charge is -2.09. The van der Waals surface area contributed by atoms with Gasteiger partial charge in [0.15, 0.2) is 5.84 Å². The number of amidine groups is 1. The molecule has 0 spiro atoms. The molecular formula is C12H14N4O2S. The highest BCUT2D eigenvalue weighted by Crippen LogP contribution is 2.30. The molecule has 2 aromatic heterocycles. The zero-order valence-corrected chi connectivity index (χ0v) is 11.7. The Morgan fingerprint density at radius 3 is 2.63 bits per heavy atom. The summed E-state index contributed by atoms with van der Waals surface area (Å²) in [6.45, 7) is 5.60. The molecule has 0 aliphatic carbocycles. The maximum absolute atomic E-state index is 8.86. The molecule has 0 aliphatic heterocycles. The van der Waals surface area contributed by atoms with Gasteiger partial charge < -0.3 is 15.4 Å². The van der Waals surface area contributed by atoms with Crippen molar-refractivity contribution in [2.45, 2.75) is 31.0 Å². The largest absolute Gasteiger partial charge is 0.439 e. The van der Waals surface area contributed by atoms with Crippen molar-refractivity contribution in [1.82, 2.24) is 9.97 Å². The van der Waals surface area contributed by atoms with Crippen molar-refractivity contribution in [2.24, 2.45) is 10.9 Å². The van der Waals surface area contributed by atoms with E-state index in [1.165, 1.54) is 11.8 Å². The van der Waals surface area contributed by atoms with Gasteiger partial charge in [0.1, 0.15) is 11.3 Å². The van der Waals surface area contributed by atoms with E-state index in [1.54, 1.807) is 6.26 Å². The SMILES string of the molecule is Cc1coc(Sc2nc(C)cc(C)c2/C(N)=N/O)n1. The Morgan fingerprint density at radius 1 is 1.32 bits per heavy atom. The predicted molar refractivity (Wildman–Crippen MR) is 71.6 cm³/mol. The molecule has 0 aromatic carbocycles. The number of hydrogen-bond acceptors (Lipinski definition) is 6. The zero-order chi connectivity index (χ0) is 14.0. The molecular weight excluding hydrogens is 264 g/mol. The summed E-state index contributed by atoms with van der Waals surface area (Å²) in [5, 5.41) is 13.0. The quantitative estimate of drug-likeness (QED) is 0.387. The fraction of sp³-hybridized carbons (Fsp3) is 0.250. The number of rotatable bonds is 3. The van der Waals surface area contributed by atoms with Crippen LogP contribution in [0.3, 0.4) is 0 Å². The van der Waals surface area contributed by atoms with E-state index in [2.05, 4.69) is 15.1 Å². The molecule has 2 aromatic rings. The Bertz CT molecular complexity index is 637. The molecule has 0 unspecified atom stereocenters. The van der Waals surface area contributed by atoms with Crippen LogP contribution >= 0.6 is 11.8 Å². The first-order valence-electron chi connectivity index (χ1n) is 5.57. The van der Waals surface area contributed by atoms with Crippen LogP contribution in [0.25, 0.3) is 0 Å². The summed E-state index contributed by atoms with van der Waals surface area (Å²) in [4.78, 5) is 8.60. The van der Waals surface area contributed by atoms with Gasteiger partial charge in [-0.3, -0.25) is 0 Å². The summed E-state index contributed by atoms with van der Waals surface area (Å²) in [6, 6.07) is 1.87. The van der Waals surface area contributed by atoms with E-state index in [-0.39, 0.29) is 5.84 Å². The predicted octanol–water partition coefficient (Wildman–Crippen LogP) is 2.24. The second-order valence-corrected chi connectivity index (χ2v) is 5.04. The molecule has 7 heteroatoms. The maximum atomic E-state index is 8.86. The third kappa shape index (κ3) is 2.87. The lowest BCUT2D eigenvalue weighted by Crippen LogP contribution is -2.17. The molecule has 6 nitrogen and oxygen atoms in total. The zero-order valence-electron chi connectivity index (χ0n) is 10.8. The first-order valence-corrected chi connectivity index (χ1v) is 6.39. The molecule has 100 valence electrons. The Hall–Kier alpha value is -2.02. The summed E-state index contributed by atoms with van der Waals surface area (Å²) in [5.74, 6) is 0.0239. The Kier molecular flexibility index (Phi) is 3.75. The number of nitrogens with zero attached hydrogens (tertiary/aromatic N) is 3. The van der Waals surface area contributed by atoms with Crippen LogP contribution in [0.1, 0.15) is 22.5 Å². The minimum atomic E-state index is 0.0239. The molecule has 19 heavy (non-hydrogen) atoms. The smallest absolute Gasteiger partial charge is 0.262 e. The van der Waals surface area contributed by atoms with Gasteiger partial charge >= 0.3 is 0 Å². The van der Waals surface area contributed by atoms with Gasteiger partial charge in [-0.05, 0) is 44.2 Å². The molecule has 3 N–H and O–H groups in total. The normalized spacial score (nSPS) is 11.8. The average molecular weight is 278 g/mol. The van der Waals surface area contributed by atoms with Crippen molar-refractivity contribution < 1.29 is 9.62 Å². The molecule has 0 aliphatic rings. The van der Waals surface area contributed by atoms with E-state index in [0.717, 1.165) is 17.0 Å². The van der Waals surface area contributed by atoms with Gasteiger partial charge in [0.2, 0.25) is 0 Å². The van der Waals surface area contributed by atoms with Crippen molar-refractivity contribution in [1.29, 1.82) is 0 Å². The van der Waals surface area contributed by atoms with E-state index in [0.29, 0.717) is 15.8 Å². The van der Waals surface area contributed by atoms with Crippen molar-refractivity contribution in [2.75, 3.05) is 0 Å². The van der Waals surface area contributed by atoms with Crippen LogP contribution < -0.4 is 5.73 Å². The average Bonchev–Trinajstić information content (AvgIpc) is 2.73. The van der Waals surface area contributed by atoms with Crippen molar-refractivity contribution in [3.05, 3.63) is 34.8 Å². The van der Waals surface area contributed by atoms with Crippen LogP contribution in [0.5, 0.6) is 0 Å². The fourth-order valence-corrected chi connectivity index (χ4v) is 2.71. The molecule has 0 bridgehead atoms. The first kappa shape index (κ1) is 13.4. The number of aryl methyl sites for hydroxylation is 3. The maximum Gasteiger partial charge on any atom is 0.262 e. The molecule has 0 amide bonds. The Morgan fingerprint density at radius 2 is 2.05 bits per heavy atom. The van der Waals surface area contributed by atoms with Gasteiger partial charge in [0, 0.05) is 5.69 Å². The molecule has 0 saturated carbocycles. The number of pyridine rings is 1. The molecule has 0 fully saturated rings. The van der Waals surface area contributed by atoms with Gasteiger partial charge in [-0.1, -0.05) is 5.16 Å². The molecule has 0 atom stereocenters. The van der Waals surface area contributed by atoms with Crippen molar-refractivity contribution >= 4 is 17.6 Å². The van der Waals surface area contributed by atoms with E-state index in [9.17, 15) is 0 Å². The number of hydrogen-bond donors (Lipinski definition) is 2. The van der Waals surface area contributed by atoms with Gasteiger partial charge in [0.25, 0.3) is 5.22 Å². The van der Waals surface area contributed by atoms with Crippen LogP contribution in [0.2, 0.25) is 0 Å². The van der Waals surface area contributed by atoms with Gasteiger partial charge in [-0.25, -0.2) is 9.97 Å². The Labute approximate surface area is 114 Å². The third-order valence-corrected chi connectivity index (χ3v) is 3.31. The monoisotopic (exact) mass is 278 g/mol. The third-order valence-electron chi connectivity index (χ3n) is 2.46. The van der Waals surface area contributed by atoms with Crippen LogP contribution in [0.15, 0.2) is 32.2 Å². The van der Waals surface area contributed by atoms with Crippen LogP contribution in [0, 0.1) is 20.8 Å². The highest BCUT2D eigenvalue weighted by atomic mass is 32.2. The number of oxazole rings is 1. The van der Waals surface area contributed by atoms with Gasteiger partial charge in [0.05, 0.1) is 11.3 Å². The summed E-state index contributed by atoms with van der Waals surface area (Å²) in [7, 11) is 0. The minimum absolute atomic E-state index is 0.0239. The first-order chi connectivity index (χ1) is 9.01. The lowest BCUT2D eigenvalue weighted by atomic mass is 10.1. The molecule has 2 heterocycles. The molecule has 0 saturated heterocycles. The lowest BCUT2D eigenvalue weighted by molar-refractivity contribution is 0.318. The van der Waals surface area contributed by atoms with Crippen LogP contribution in [-0.2, 0) is 0 Å². The number of aromatic nitrogens is 2. The van der Waals surface area contributed by atoms with Crippen LogP contribution in [-0.4, -0.2) is 21.0 Å². The van der Waals surface area contributed by atoms with Crippen molar-refractivity contribution in [3.63, 3.8) is 0 Å². The highest BCUT2D eigenvalue weighted by molar-refractivity contribution is 7.99. The number of nitrogens with two attached hydrogens (primary N) is 1. The standard InChI is InChI=1S/C12H14N4O2S/c1-6-4-7(2)14-11(9(6)10(13)16-17)19-12-15-8(3)5-18-12/h4-5,17H,1-3H3,(H2,13,16). The summed E-state index contributed by atoms with van der Waals surface area (Å²) in [5.41, 5.74) is 8.81. The van der Waals surface area contributed by atoms with Gasteiger partial charge in [-0.2, -0.15) is 0 Å². The molecule has 0 radical (unpaired) electrons. The minimum Gasteiger partial charge on any atom is -0.439 e. The van der Waals surface area contributed by atoms with Crippen molar-refractivity contribution in [3.8, 4) is 0 Å². The van der Waals surface area contributed by atoms with E-state index in [4.69, 9.17) is 15.4 Å². The summed E-state index contributed by atoms with van der Waals surface area (Å²) in [6.07, 6.45) is 1.56. The van der Waals surface area contributed by atoms with Gasteiger partial charge in [-0.15, -0.1) is 0 Å². The Balaban J connectivity index is 2.48. The fourth-order valence-electron chi connectivity index (χ4n) is 1.70. The second-order valence-electron chi connectivity index (χ2n) is 4.10. The topological polar surface area (TPSA) is 97.5 Å². The van der Waals surface area contributed by atoms with E-state index >= 15 is 0 Å². The summed E-state index contributed by atoms with van der Waals surface area (Å²) < 4.78 is 5.28.